The Hall–Kier alpha value is -2.41. The number of likely N-dealkylation sites (tertiary alicyclic amines) is 1. The van der Waals surface area contributed by atoms with Crippen LogP contribution in [0.4, 0.5) is 15.6 Å². The molecule has 3 rings (SSSR count). The zero-order valence-electron chi connectivity index (χ0n) is 14.4. The highest BCUT2D eigenvalue weighted by Crippen LogP contribution is 2.21. The first-order chi connectivity index (χ1) is 12.0. The Morgan fingerprint density at radius 3 is 2.56 bits per heavy atom. The van der Waals surface area contributed by atoms with Crippen molar-refractivity contribution in [3.05, 3.63) is 40.9 Å². The van der Waals surface area contributed by atoms with Gasteiger partial charge in [0.1, 0.15) is 0 Å². The molecule has 0 aliphatic carbocycles. The number of hydrogen-bond donors (Lipinski definition) is 2. The van der Waals surface area contributed by atoms with E-state index in [1.807, 2.05) is 37.4 Å². The van der Waals surface area contributed by atoms with E-state index in [-0.39, 0.29) is 17.9 Å². The minimum absolute atomic E-state index is 0.0100. The summed E-state index contributed by atoms with van der Waals surface area (Å²) in [5.41, 5.74) is 3.15. The van der Waals surface area contributed by atoms with Gasteiger partial charge in [0.15, 0.2) is 5.13 Å². The van der Waals surface area contributed by atoms with Crippen molar-refractivity contribution in [1.82, 2.24) is 9.88 Å². The van der Waals surface area contributed by atoms with E-state index in [1.165, 1.54) is 16.9 Å². The number of nitrogens with zero attached hydrogens (tertiary/aromatic N) is 2. The van der Waals surface area contributed by atoms with Gasteiger partial charge in [-0.3, -0.25) is 4.79 Å². The van der Waals surface area contributed by atoms with Crippen LogP contribution in [0.2, 0.25) is 0 Å². The van der Waals surface area contributed by atoms with Gasteiger partial charge in [0, 0.05) is 36.3 Å². The van der Waals surface area contributed by atoms with Crippen molar-refractivity contribution < 1.29 is 9.59 Å². The fourth-order valence-corrected chi connectivity index (χ4v) is 3.39. The SMILES string of the molecule is Cc1ccc(NC(=O)N2CCC(C(=O)Nc3nccs3)CC2)cc1C. The van der Waals surface area contributed by atoms with Gasteiger partial charge < -0.3 is 15.5 Å². The molecule has 2 heterocycles. The second-order valence-corrected chi connectivity index (χ2v) is 7.21. The lowest BCUT2D eigenvalue weighted by atomic mass is 9.96. The maximum Gasteiger partial charge on any atom is 0.321 e. The van der Waals surface area contributed by atoms with E-state index in [9.17, 15) is 9.59 Å². The smallest absolute Gasteiger partial charge is 0.321 e. The van der Waals surface area contributed by atoms with Crippen molar-refractivity contribution in [3.8, 4) is 0 Å². The van der Waals surface area contributed by atoms with Gasteiger partial charge in [-0.05, 0) is 49.9 Å². The summed E-state index contributed by atoms with van der Waals surface area (Å²) < 4.78 is 0. The predicted molar refractivity (Wildman–Crippen MR) is 100.0 cm³/mol. The van der Waals surface area contributed by atoms with Gasteiger partial charge in [0.25, 0.3) is 0 Å². The standard InChI is InChI=1S/C18H22N4O2S/c1-12-3-4-15(11-13(12)2)20-18(24)22-8-5-14(6-9-22)16(23)21-17-19-7-10-25-17/h3-4,7,10-11,14H,5-6,8-9H2,1-2H3,(H,20,24)(H,19,21,23). The average Bonchev–Trinajstić information content (AvgIpc) is 3.11. The molecule has 1 aromatic heterocycles. The molecule has 2 N–H and O–H groups in total. The molecule has 2 aromatic rings. The number of amides is 3. The number of piperidine rings is 1. The van der Waals surface area contributed by atoms with Crippen LogP contribution >= 0.6 is 11.3 Å². The fraction of sp³-hybridized carbons (Fsp3) is 0.389. The summed E-state index contributed by atoms with van der Waals surface area (Å²) in [6, 6.07) is 5.78. The maximum absolute atomic E-state index is 12.4. The monoisotopic (exact) mass is 358 g/mol. The number of aryl methyl sites for hydroxylation is 2. The Kier molecular flexibility index (Phi) is 5.33. The van der Waals surface area contributed by atoms with Crippen LogP contribution in [0, 0.1) is 19.8 Å². The number of carbonyl (C=O) groups excluding carboxylic acids is 2. The first kappa shape index (κ1) is 17.4. The molecule has 1 aromatic carbocycles. The van der Waals surface area contributed by atoms with E-state index in [4.69, 9.17) is 0 Å². The lowest BCUT2D eigenvalue weighted by molar-refractivity contribution is -0.121. The summed E-state index contributed by atoms with van der Waals surface area (Å²) in [6.07, 6.45) is 3.00. The Labute approximate surface area is 151 Å². The summed E-state index contributed by atoms with van der Waals surface area (Å²) >= 11 is 1.41. The highest BCUT2D eigenvalue weighted by atomic mass is 32.1. The number of anilines is 2. The molecule has 1 aliphatic rings. The maximum atomic E-state index is 12.4. The van der Waals surface area contributed by atoms with Crippen molar-refractivity contribution in [2.45, 2.75) is 26.7 Å². The molecule has 0 radical (unpaired) electrons. The Morgan fingerprint density at radius 1 is 1.16 bits per heavy atom. The van der Waals surface area contributed by atoms with E-state index in [1.54, 1.807) is 11.1 Å². The van der Waals surface area contributed by atoms with Gasteiger partial charge in [-0.25, -0.2) is 9.78 Å². The van der Waals surface area contributed by atoms with Gasteiger partial charge in [0.2, 0.25) is 5.91 Å². The minimum atomic E-state index is -0.109. The van der Waals surface area contributed by atoms with Crippen molar-refractivity contribution in [2.75, 3.05) is 23.7 Å². The predicted octanol–water partition coefficient (Wildman–Crippen LogP) is 3.64. The Balaban J connectivity index is 1.50. The zero-order valence-corrected chi connectivity index (χ0v) is 15.2. The molecule has 25 heavy (non-hydrogen) atoms. The molecule has 1 saturated heterocycles. The molecule has 0 saturated carbocycles. The quantitative estimate of drug-likeness (QED) is 0.880. The molecule has 0 atom stereocenters. The van der Waals surface area contributed by atoms with Crippen LogP contribution in [0.15, 0.2) is 29.8 Å². The van der Waals surface area contributed by atoms with Crippen molar-refractivity contribution in [3.63, 3.8) is 0 Å². The first-order valence-electron chi connectivity index (χ1n) is 8.36. The summed E-state index contributed by atoms with van der Waals surface area (Å²) in [5, 5.41) is 8.23. The normalized spacial score (nSPS) is 15.0. The van der Waals surface area contributed by atoms with Crippen LogP contribution in [0.5, 0.6) is 0 Å². The summed E-state index contributed by atoms with van der Waals surface area (Å²) in [5.74, 6) is -0.0845. The number of carbonyl (C=O) groups is 2. The lowest BCUT2D eigenvalue weighted by Gasteiger charge is -2.31. The number of benzene rings is 1. The van der Waals surface area contributed by atoms with Crippen LogP contribution in [-0.4, -0.2) is 34.9 Å². The topological polar surface area (TPSA) is 74.3 Å². The van der Waals surface area contributed by atoms with Gasteiger partial charge in [-0.15, -0.1) is 11.3 Å². The third kappa shape index (κ3) is 4.36. The van der Waals surface area contributed by atoms with Gasteiger partial charge >= 0.3 is 6.03 Å². The number of urea groups is 1. The van der Waals surface area contributed by atoms with Crippen LogP contribution in [0.25, 0.3) is 0 Å². The Morgan fingerprint density at radius 2 is 1.92 bits per heavy atom. The second-order valence-electron chi connectivity index (χ2n) is 6.32. The highest BCUT2D eigenvalue weighted by molar-refractivity contribution is 7.13. The number of thiazole rings is 1. The molecule has 0 unspecified atom stereocenters. The molecule has 6 nitrogen and oxygen atoms in total. The van der Waals surface area contributed by atoms with Crippen LogP contribution in [-0.2, 0) is 4.79 Å². The lowest BCUT2D eigenvalue weighted by Crippen LogP contribution is -2.43. The van der Waals surface area contributed by atoms with Crippen LogP contribution < -0.4 is 10.6 Å². The Bertz CT molecular complexity index is 752. The van der Waals surface area contributed by atoms with E-state index >= 15 is 0 Å². The minimum Gasteiger partial charge on any atom is -0.324 e. The van der Waals surface area contributed by atoms with Crippen molar-refractivity contribution in [1.29, 1.82) is 0 Å². The summed E-state index contributed by atoms with van der Waals surface area (Å²) in [6.45, 7) is 5.22. The molecule has 0 bridgehead atoms. The van der Waals surface area contributed by atoms with Crippen molar-refractivity contribution in [2.24, 2.45) is 5.92 Å². The average molecular weight is 358 g/mol. The van der Waals surface area contributed by atoms with Gasteiger partial charge in [-0.2, -0.15) is 0 Å². The third-order valence-corrected chi connectivity index (χ3v) is 5.26. The van der Waals surface area contributed by atoms with Gasteiger partial charge in [-0.1, -0.05) is 6.07 Å². The highest BCUT2D eigenvalue weighted by Gasteiger charge is 2.27. The second kappa shape index (κ2) is 7.65. The van der Waals surface area contributed by atoms with Crippen LogP contribution in [0.1, 0.15) is 24.0 Å². The third-order valence-electron chi connectivity index (χ3n) is 4.57. The number of hydrogen-bond acceptors (Lipinski definition) is 4. The molecule has 1 aliphatic heterocycles. The van der Waals surface area contributed by atoms with Crippen LogP contribution in [0.3, 0.4) is 0 Å². The largest absolute Gasteiger partial charge is 0.324 e. The molecule has 7 heteroatoms. The molecule has 132 valence electrons. The van der Waals surface area contributed by atoms with E-state index in [0.717, 1.165) is 11.3 Å². The van der Waals surface area contributed by atoms with E-state index < -0.39 is 0 Å². The van der Waals surface area contributed by atoms with Gasteiger partial charge in [0.05, 0.1) is 0 Å². The zero-order chi connectivity index (χ0) is 17.8. The summed E-state index contributed by atoms with van der Waals surface area (Å²) in [7, 11) is 0. The number of rotatable bonds is 3. The molecule has 3 amide bonds. The van der Waals surface area contributed by atoms with E-state index in [2.05, 4.69) is 15.6 Å². The molecular weight excluding hydrogens is 336 g/mol. The first-order valence-corrected chi connectivity index (χ1v) is 9.24. The van der Waals surface area contributed by atoms with E-state index in [0.29, 0.717) is 31.1 Å². The molecular formula is C18H22N4O2S. The number of nitrogens with one attached hydrogen (secondary N) is 2. The molecule has 1 fully saturated rings. The fourth-order valence-electron chi connectivity index (χ4n) is 2.86. The molecule has 0 spiro atoms. The number of aromatic nitrogens is 1. The summed E-state index contributed by atoms with van der Waals surface area (Å²) in [4.78, 5) is 30.5. The van der Waals surface area contributed by atoms with Crippen molar-refractivity contribution >= 4 is 34.1 Å².